The first-order valence-corrected chi connectivity index (χ1v) is 2.64. The molecule has 0 aromatic carbocycles. The van der Waals surface area contributed by atoms with Crippen LogP contribution in [0.15, 0.2) is 36.3 Å². The zero-order valence-electron chi connectivity index (χ0n) is 4.99. The highest BCUT2D eigenvalue weighted by Crippen LogP contribution is 1.95. The summed E-state index contributed by atoms with van der Waals surface area (Å²) in [5.74, 6) is 5.37. The molecule has 0 radical (unpaired) electrons. The third-order valence-corrected chi connectivity index (χ3v) is 0.986. The van der Waals surface area contributed by atoms with E-state index in [0.717, 1.165) is 0 Å². The van der Waals surface area contributed by atoms with E-state index in [1.165, 1.54) is 5.01 Å². The number of hydrogen-bond donors (Lipinski definition) is 2. The second kappa shape index (κ2) is 2.37. The Balaban J connectivity index is 2.75. The van der Waals surface area contributed by atoms with E-state index in [1.807, 2.05) is 0 Å². The van der Waals surface area contributed by atoms with Crippen LogP contribution in [0.3, 0.4) is 0 Å². The summed E-state index contributed by atoms with van der Waals surface area (Å²) in [5.41, 5.74) is 6.15. The van der Waals surface area contributed by atoms with Gasteiger partial charge >= 0.3 is 0 Å². The molecule has 0 bridgehead atoms. The SMILES string of the molecule is NC1=CC=CN(N)C=C1. The number of nitrogens with zero attached hydrogens (tertiary/aromatic N) is 1. The Hall–Kier alpha value is -1.22. The van der Waals surface area contributed by atoms with Crippen LogP contribution in [0.4, 0.5) is 0 Å². The molecule has 0 fully saturated rings. The van der Waals surface area contributed by atoms with Gasteiger partial charge in [-0.1, -0.05) is 0 Å². The van der Waals surface area contributed by atoms with Gasteiger partial charge in [0.15, 0.2) is 0 Å². The van der Waals surface area contributed by atoms with E-state index >= 15 is 0 Å². The van der Waals surface area contributed by atoms with Crippen molar-refractivity contribution in [1.82, 2.24) is 5.01 Å². The second-order valence-corrected chi connectivity index (χ2v) is 1.77. The third kappa shape index (κ3) is 1.62. The molecule has 9 heavy (non-hydrogen) atoms. The van der Waals surface area contributed by atoms with Crippen molar-refractivity contribution in [2.75, 3.05) is 0 Å². The summed E-state index contributed by atoms with van der Waals surface area (Å²) in [4.78, 5) is 0. The number of rotatable bonds is 0. The summed E-state index contributed by atoms with van der Waals surface area (Å²) < 4.78 is 0. The molecule has 0 amide bonds. The summed E-state index contributed by atoms with van der Waals surface area (Å²) in [6.45, 7) is 0. The maximum Gasteiger partial charge on any atom is 0.0329 e. The van der Waals surface area contributed by atoms with Crippen LogP contribution in [-0.2, 0) is 0 Å². The van der Waals surface area contributed by atoms with E-state index in [2.05, 4.69) is 0 Å². The predicted octanol–water partition coefficient (Wildman–Crippen LogP) is 0.0457. The van der Waals surface area contributed by atoms with E-state index in [0.29, 0.717) is 5.70 Å². The normalized spacial score (nSPS) is 17.4. The zero-order valence-corrected chi connectivity index (χ0v) is 4.99. The minimum atomic E-state index is 0.708. The fraction of sp³-hybridized carbons (Fsp3) is 0. The summed E-state index contributed by atoms with van der Waals surface area (Å²) in [7, 11) is 0. The van der Waals surface area contributed by atoms with Gasteiger partial charge in [0.2, 0.25) is 0 Å². The lowest BCUT2D eigenvalue weighted by Crippen LogP contribution is -2.16. The van der Waals surface area contributed by atoms with Gasteiger partial charge in [0.25, 0.3) is 0 Å². The topological polar surface area (TPSA) is 55.3 Å². The fourth-order valence-corrected chi connectivity index (χ4v) is 0.531. The van der Waals surface area contributed by atoms with Crippen LogP contribution in [0.1, 0.15) is 0 Å². The Labute approximate surface area is 53.9 Å². The third-order valence-electron chi connectivity index (χ3n) is 0.986. The van der Waals surface area contributed by atoms with Gasteiger partial charge in [-0.25, -0.2) is 5.84 Å². The highest BCUT2D eigenvalue weighted by atomic mass is 15.4. The average Bonchev–Trinajstić information content (AvgIpc) is 1.97. The van der Waals surface area contributed by atoms with Gasteiger partial charge in [0.1, 0.15) is 0 Å². The molecule has 0 unspecified atom stereocenters. The van der Waals surface area contributed by atoms with Crippen LogP contribution in [0.25, 0.3) is 0 Å². The number of nitrogens with two attached hydrogens (primary N) is 2. The van der Waals surface area contributed by atoms with Crippen LogP contribution in [0, 0.1) is 0 Å². The molecule has 0 saturated carbocycles. The molecule has 3 heteroatoms. The summed E-state index contributed by atoms with van der Waals surface area (Å²) in [6, 6.07) is 0. The van der Waals surface area contributed by atoms with Crippen molar-refractivity contribution in [3.8, 4) is 0 Å². The summed E-state index contributed by atoms with van der Waals surface area (Å²) >= 11 is 0. The van der Waals surface area contributed by atoms with Crippen molar-refractivity contribution in [3.05, 3.63) is 36.3 Å². The Morgan fingerprint density at radius 1 is 1.33 bits per heavy atom. The number of hydrazine groups is 1. The maximum absolute atomic E-state index is 5.44. The van der Waals surface area contributed by atoms with Crippen LogP contribution in [0.5, 0.6) is 0 Å². The molecular weight excluding hydrogens is 114 g/mol. The standard InChI is InChI=1S/C6H9N3/c7-6-2-1-4-9(8)5-3-6/h1-5H,7-8H2. The van der Waals surface area contributed by atoms with Crippen molar-refractivity contribution in [3.63, 3.8) is 0 Å². The molecule has 0 spiro atoms. The van der Waals surface area contributed by atoms with E-state index in [1.54, 1.807) is 30.6 Å². The average molecular weight is 123 g/mol. The molecule has 0 aromatic rings. The van der Waals surface area contributed by atoms with E-state index in [-0.39, 0.29) is 0 Å². The zero-order chi connectivity index (χ0) is 6.69. The molecule has 1 rings (SSSR count). The maximum atomic E-state index is 5.44. The second-order valence-electron chi connectivity index (χ2n) is 1.77. The van der Waals surface area contributed by atoms with Crippen molar-refractivity contribution < 1.29 is 0 Å². The number of hydrogen-bond acceptors (Lipinski definition) is 3. The van der Waals surface area contributed by atoms with Crippen LogP contribution in [0.2, 0.25) is 0 Å². The summed E-state index contributed by atoms with van der Waals surface area (Å²) in [5, 5.41) is 1.44. The highest BCUT2D eigenvalue weighted by Gasteiger charge is 1.87. The Bertz CT molecular complexity index is 179. The molecule has 0 aromatic heterocycles. The lowest BCUT2D eigenvalue weighted by Gasteiger charge is -2.02. The van der Waals surface area contributed by atoms with Crippen molar-refractivity contribution >= 4 is 0 Å². The van der Waals surface area contributed by atoms with Crippen molar-refractivity contribution in [2.45, 2.75) is 0 Å². The van der Waals surface area contributed by atoms with Crippen molar-refractivity contribution in [1.29, 1.82) is 0 Å². The van der Waals surface area contributed by atoms with E-state index < -0.39 is 0 Å². The van der Waals surface area contributed by atoms with Crippen LogP contribution >= 0.6 is 0 Å². The van der Waals surface area contributed by atoms with Gasteiger partial charge < -0.3 is 5.73 Å². The number of allylic oxidation sites excluding steroid dienone is 3. The molecule has 0 aliphatic carbocycles. The molecule has 0 saturated heterocycles. The van der Waals surface area contributed by atoms with Crippen LogP contribution < -0.4 is 11.6 Å². The molecule has 0 atom stereocenters. The molecule has 1 aliphatic rings. The Morgan fingerprint density at radius 3 is 2.89 bits per heavy atom. The van der Waals surface area contributed by atoms with Crippen molar-refractivity contribution in [2.24, 2.45) is 11.6 Å². The van der Waals surface area contributed by atoms with Gasteiger partial charge in [-0.15, -0.1) is 0 Å². The van der Waals surface area contributed by atoms with Gasteiger partial charge in [-0.2, -0.15) is 0 Å². The molecule has 4 N–H and O–H groups in total. The molecule has 1 heterocycles. The molecule has 48 valence electrons. The highest BCUT2D eigenvalue weighted by molar-refractivity contribution is 5.22. The van der Waals surface area contributed by atoms with Crippen LogP contribution in [-0.4, -0.2) is 5.01 Å². The first-order valence-electron chi connectivity index (χ1n) is 2.64. The van der Waals surface area contributed by atoms with Gasteiger partial charge in [-0.05, 0) is 18.2 Å². The Kier molecular flexibility index (Phi) is 1.55. The Morgan fingerprint density at radius 2 is 2.11 bits per heavy atom. The smallest absolute Gasteiger partial charge is 0.0329 e. The lowest BCUT2D eigenvalue weighted by molar-refractivity contribution is 0.541. The first kappa shape index (κ1) is 5.91. The largest absolute Gasteiger partial charge is 0.399 e. The first-order chi connectivity index (χ1) is 4.29. The van der Waals surface area contributed by atoms with E-state index in [9.17, 15) is 0 Å². The van der Waals surface area contributed by atoms with Gasteiger partial charge in [0.05, 0.1) is 0 Å². The summed E-state index contributed by atoms with van der Waals surface area (Å²) in [6.07, 6.45) is 8.71. The lowest BCUT2D eigenvalue weighted by atomic mass is 10.4. The molecule has 1 aliphatic heterocycles. The van der Waals surface area contributed by atoms with E-state index in [4.69, 9.17) is 11.6 Å². The monoisotopic (exact) mass is 123 g/mol. The van der Waals surface area contributed by atoms with Gasteiger partial charge in [-0.3, -0.25) is 5.01 Å². The fourth-order valence-electron chi connectivity index (χ4n) is 0.531. The molecule has 3 nitrogen and oxygen atoms in total. The minimum Gasteiger partial charge on any atom is -0.399 e. The quantitative estimate of drug-likeness (QED) is 0.447. The minimum absolute atomic E-state index is 0.708. The molecular formula is C6H9N3. The van der Waals surface area contributed by atoms with Gasteiger partial charge in [0, 0.05) is 18.1 Å². The predicted molar refractivity (Wildman–Crippen MR) is 36.6 cm³/mol.